The Kier molecular flexibility index (Phi) is 5.02. The largest absolute Gasteiger partial charge is 0.507 e. The van der Waals surface area contributed by atoms with E-state index in [0.29, 0.717) is 26.9 Å². The van der Waals surface area contributed by atoms with E-state index >= 15 is 0 Å². The summed E-state index contributed by atoms with van der Waals surface area (Å²) >= 11 is 12.1. The summed E-state index contributed by atoms with van der Waals surface area (Å²) in [6.07, 6.45) is 1.35. The molecular weight excluding hydrogens is 363 g/mol. The number of nitrogens with one attached hydrogen (secondary N) is 2. The highest BCUT2D eigenvalue weighted by Gasteiger charge is 2.13. The number of aromatic nitrogens is 2. The Labute approximate surface area is 153 Å². The van der Waals surface area contributed by atoms with Gasteiger partial charge in [0.25, 0.3) is 5.91 Å². The summed E-state index contributed by atoms with van der Waals surface area (Å²) in [5, 5.41) is 21.1. The molecule has 126 valence electrons. The van der Waals surface area contributed by atoms with Crippen molar-refractivity contribution in [1.29, 1.82) is 0 Å². The van der Waals surface area contributed by atoms with Crippen LogP contribution in [-0.4, -0.2) is 27.4 Å². The van der Waals surface area contributed by atoms with Crippen molar-refractivity contribution in [1.82, 2.24) is 15.6 Å². The van der Waals surface area contributed by atoms with Crippen molar-refractivity contribution >= 4 is 35.3 Å². The first-order valence-corrected chi connectivity index (χ1v) is 7.92. The molecule has 3 rings (SSSR count). The monoisotopic (exact) mass is 374 g/mol. The zero-order chi connectivity index (χ0) is 17.8. The first-order chi connectivity index (χ1) is 12.0. The fourth-order valence-corrected chi connectivity index (χ4v) is 2.47. The van der Waals surface area contributed by atoms with E-state index in [0.717, 1.165) is 0 Å². The quantitative estimate of drug-likeness (QED) is 0.478. The van der Waals surface area contributed by atoms with Gasteiger partial charge in [0.1, 0.15) is 11.4 Å². The number of nitrogens with zero attached hydrogens (tertiary/aromatic N) is 2. The molecule has 0 spiro atoms. The average molecular weight is 375 g/mol. The molecule has 0 aliphatic rings. The predicted octanol–water partition coefficient (Wildman–Crippen LogP) is 3.85. The van der Waals surface area contributed by atoms with E-state index in [1.165, 1.54) is 12.3 Å². The number of benzene rings is 2. The normalized spacial score (nSPS) is 11.0. The molecule has 0 aliphatic heterocycles. The van der Waals surface area contributed by atoms with E-state index in [9.17, 15) is 9.90 Å². The summed E-state index contributed by atoms with van der Waals surface area (Å²) in [5.74, 6) is -0.413. The van der Waals surface area contributed by atoms with E-state index in [4.69, 9.17) is 23.2 Å². The van der Waals surface area contributed by atoms with Gasteiger partial charge in [0.15, 0.2) is 0 Å². The van der Waals surface area contributed by atoms with Crippen LogP contribution in [0.5, 0.6) is 5.75 Å². The second-order valence-electron chi connectivity index (χ2n) is 5.05. The number of hydrogen-bond acceptors (Lipinski definition) is 4. The van der Waals surface area contributed by atoms with Crippen molar-refractivity contribution in [3.63, 3.8) is 0 Å². The average Bonchev–Trinajstić information content (AvgIpc) is 3.08. The number of phenols is 1. The number of hydrazone groups is 1. The molecule has 1 aromatic heterocycles. The lowest BCUT2D eigenvalue weighted by Gasteiger charge is -2.00. The number of aromatic amines is 1. The molecule has 0 saturated heterocycles. The lowest BCUT2D eigenvalue weighted by atomic mass is 10.1. The number of carbonyl (C=O) groups is 1. The molecule has 8 heteroatoms. The molecule has 0 fully saturated rings. The molecule has 0 aliphatic carbocycles. The minimum Gasteiger partial charge on any atom is -0.507 e. The number of phenolic OH excluding ortho intramolecular Hbond substituents is 1. The Morgan fingerprint density at radius 2 is 2.00 bits per heavy atom. The van der Waals surface area contributed by atoms with E-state index in [1.807, 2.05) is 0 Å². The molecule has 6 nitrogen and oxygen atoms in total. The zero-order valence-corrected chi connectivity index (χ0v) is 14.2. The van der Waals surface area contributed by atoms with E-state index in [1.54, 1.807) is 42.5 Å². The van der Waals surface area contributed by atoms with Gasteiger partial charge in [-0.2, -0.15) is 10.2 Å². The number of carbonyl (C=O) groups excluding carboxylic acids is 1. The third-order valence-corrected chi connectivity index (χ3v) is 3.90. The minimum atomic E-state index is -0.483. The molecular formula is C17H12Cl2N4O2. The van der Waals surface area contributed by atoms with Crippen molar-refractivity contribution in [2.75, 3.05) is 0 Å². The fourth-order valence-electron chi connectivity index (χ4n) is 2.09. The van der Waals surface area contributed by atoms with Crippen LogP contribution >= 0.6 is 23.2 Å². The van der Waals surface area contributed by atoms with Gasteiger partial charge >= 0.3 is 0 Å². The van der Waals surface area contributed by atoms with Crippen molar-refractivity contribution < 1.29 is 9.90 Å². The molecule has 0 atom stereocenters. The molecule has 0 bridgehead atoms. The standard InChI is InChI=1S/C17H12Cl2N4O2/c18-11-5-6-13(19)12(7-11)14-8-15(22-21-14)17(25)23-20-9-10-3-1-2-4-16(10)24/h1-9,24H,(H,21,22)(H,23,25)/b20-9-. The highest BCUT2D eigenvalue weighted by Crippen LogP contribution is 2.29. The molecule has 1 amide bonds. The molecule has 0 radical (unpaired) electrons. The third kappa shape index (κ3) is 3.99. The number of para-hydroxylation sites is 1. The maximum atomic E-state index is 12.1. The molecule has 3 aromatic rings. The maximum Gasteiger partial charge on any atom is 0.289 e. The maximum absolute atomic E-state index is 12.1. The molecule has 3 N–H and O–H groups in total. The Morgan fingerprint density at radius 3 is 2.80 bits per heavy atom. The smallest absolute Gasteiger partial charge is 0.289 e. The van der Waals surface area contributed by atoms with Crippen LogP contribution in [0.3, 0.4) is 0 Å². The van der Waals surface area contributed by atoms with Crippen LogP contribution in [0.4, 0.5) is 0 Å². The van der Waals surface area contributed by atoms with Crippen molar-refractivity contribution in [3.05, 3.63) is 69.8 Å². The fraction of sp³-hybridized carbons (Fsp3) is 0. The summed E-state index contributed by atoms with van der Waals surface area (Å²) < 4.78 is 0. The number of aromatic hydroxyl groups is 1. The van der Waals surface area contributed by atoms with Crippen LogP contribution in [0.2, 0.25) is 10.0 Å². The minimum absolute atomic E-state index is 0.0694. The molecule has 1 heterocycles. The second-order valence-corrected chi connectivity index (χ2v) is 5.89. The Morgan fingerprint density at radius 1 is 1.20 bits per heavy atom. The first kappa shape index (κ1) is 17.0. The van der Waals surface area contributed by atoms with Crippen molar-refractivity contribution in [2.24, 2.45) is 5.10 Å². The van der Waals surface area contributed by atoms with Crippen LogP contribution in [0.15, 0.2) is 53.6 Å². The number of halogens is 2. The molecule has 0 saturated carbocycles. The Bertz CT molecular complexity index is 953. The Balaban J connectivity index is 1.73. The molecule has 2 aromatic carbocycles. The second kappa shape index (κ2) is 7.38. The first-order valence-electron chi connectivity index (χ1n) is 7.17. The number of rotatable bonds is 4. The zero-order valence-electron chi connectivity index (χ0n) is 12.7. The van der Waals surface area contributed by atoms with Gasteiger partial charge in [0.05, 0.1) is 16.9 Å². The predicted molar refractivity (Wildman–Crippen MR) is 97.2 cm³/mol. The van der Waals surface area contributed by atoms with Crippen LogP contribution in [0.1, 0.15) is 16.1 Å². The summed E-state index contributed by atoms with van der Waals surface area (Å²) in [6.45, 7) is 0. The molecule has 0 unspecified atom stereocenters. The highest BCUT2D eigenvalue weighted by atomic mass is 35.5. The van der Waals surface area contributed by atoms with E-state index in [-0.39, 0.29) is 11.4 Å². The van der Waals surface area contributed by atoms with Gasteiger partial charge in [-0.1, -0.05) is 35.3 Å². The SMILES string of the molecule is O=C(N/N=C\c1ccccc1O)c1cc(-c2cc(Cl)ccc2Cl)n[nH]1. The van der Waals surface area contributed by atoms with Gasteiger partial charge in [-0.15, -0.1) is 0 Å². The van der Waals surface area contributed by atoms with Gasteiger partial charge in [0, 0.05) is 16.1 Å². The van der Waals surface area contributed by atoms with Gasteiger partial charge in [-0.25, -0.2) is 5.43 Å². The highest BCUT2D eigenvalue weighted by molar-refractivity contribution is 6.35. The number of amides is 1. The lowest BCUT2D eigenvalue weighted by molar-refractivity contribution is 0.0950. The van der Waals surface area contributed by atoms with Crippen LogP contribution in [0.25, 0.3) is 11.3 Å². The molecule has 25 heavy (non-hydrogen) atoms. The van der Waals surface area contributed by atoms with Crippen molar-refractivity contribution in [2.45, 2.75) is 0 Å². The van der Waals surface area contributed by atoms with Crippen LogP contribution in [-0.2, 0) is 0 Å². The lowest BCUT2D eigenvalue weighted by Crippen LogP contribution is -2.18. The van der Waals surface area contributed by atoms with Crippen molar-refractivity contribution in [3.8, 4) is 17.0 Å². The van der Waals surface area contributed by atoms with Gasteiger partial charge in [0.2, 0.25) is 0 Å². The number of hydrogen-bond donors (Lipinski definition) is 3. The van der Waals surface area contributed by atoms with E-state index < -0.39 is 5.91 Å². The van der Waals surface area contributed by atoms with Gasteiger partial charge in [-0.05, 0) is 36.4 Å². The van der Waals surface area contributed by atoms with E-state index in [2.05, 4.69) is 20.7 Å². The van der Waals surface area contributed by atoms with Gasteiger partial charge in [-0.3, -0.25) is 9.89 Å². The van der Waals surface area contributed by atoms with Crippen LogP contribution < -0.4 is 5.43 Å². The topological polar surface area (TPSA) is 90.4 Å². The summed E-state index contributed by atoms with van der Waals surface area (Å²) in [4.78, 5) is 12.1. The summed E-state index contributed by atoms with van der Waals surface area (Å²) in [7, 11) is 0. The van der Waals surface area contributed by atoms with Crippen LogP contribution in [0, 0.1) is 0 Å². The summed E-state index contributed by atoms with van der Waals surface area (Å²) in [6, 6.07) is 13.2. The Hall–Kier alpha value is -2.83. The van der Waals surface area contributed by atoms with Gasteiger partial charge < -0.3 is 5.11 Å². The number of H-pyrrole nitrogens is 1. The summed E-state index contributed by atoms with van der Waals surface area (Å²) in [5.41, 5.74) is 4.15. The third-order valence-electron chi connectivity index (χ3n) is 3.33.